The van der Waals surface area contributed by atoms with Crippen molar-refractivity contribution in [3.8, 4) is 17.2 Å². The minimum atomic E-state index is -0.179. The summed E-state index contributed by atoms with van der Waals surface area (Å²) < 4.78 is 13.0. The van der Waals surface area contributed by atoms with Crippen LogP contribution in [0.25, 0.3) is 5.69 Å². The van der Waals surface area contributed by atoms with Gasteiger partial charge in [-0.2, -0.15) is 5.10 Å². The van der Waals surface area contributed by atoms with Gasteiger partial charge in [0.1, 0.15) is 0 Å². The van der Waals surface area contributed by atoms with Crippen LogP contribution in [0.3, 0.4) is 0 Å². The van der Waals surface area contributed by atoms with Crippen molar-refractivity contribution >= 4 is 11.6 Å². The Morgan fingerprint density at radius 2 is 1.84 bits per heavy atom. The standard InChI is InChI=1S/C19H17N3O3/c23-19(14-3-6-16(7-4-14)22-10-1-9-20-22)21-15-5-8-17-18(13-15)25-12-2-11-24-17/h1,3-10,13H,2,11-12H2,(H,21,23). The zero-order chi connectivity index (χ0) is 17.1. The van der Waals surface area contributed by atoms with Crippen molar-refractivity contribution in [3.63, 3.8) is 0 Å². The highest BCUT2D eigenvalue weighted by atomic mass is 16.5. The second-order valence-electron chi connectivity index (χ2n) is 5.66. The molecule has 1 aromatic heterocycles. The maximum absolute atomic E-state index is 12.4. The van der Waals surface area contributed by atoms with E-state index in [0.29, 0.717) is 36.0 Å². The van der Waals surface area contributed by atoms with E-state index in [9.17, 15) is 4.79 Å². The number of carbonyl (C=O) groups is 1. The molecule has 3 aromatic rings. The second-order valence-corrected chi connectivity index (χ2v) is 5.66. The number of carbonyl (C=O) groups excluding carboxylic acids is 1. The third-order valence-electron chi connectivity index (χ3n) is 3.90. The number of fused-ring (bicyclic) bond motifs is 1. The van der Waals surface area contributed by atoms with Crippen LogP contribution in [0.4, 0.5) is 5.69 Å². The molecule has 6 nitrogen and oxygen atoms in total. The first-order valence-electron chi connectivity index (χ1n) is 8.11. The van der Waals surface area contributed by atoms with Crippen molar-refractivity contribution in [2.24, 2.45) is 0 Å². The van der Waals surface area contributed by atoms with E-state index >= 15 is 0 Å². The van der Waals surface area contributed by atoms with E-state index in [1.54, 1.807) is 29.1 Å². The zero-order valence-electron chi connectivity index (χ0n) is 13.5. The van der Waals surface area contributed by atoms with Crippen molar-refractivity contribution in [2.75, 3.05) is 18.5 Å². The van der Waals surface area contributed by atoms with E-state index < -0.39 is 0 Å². The summed E-state index contributed by atoms with van der Waals surface area (Å²) in [4.78, 5) is 12.4. The molecule has 0 aliphatic carbocycles. The fourth-order valence-corrected chi connectivity index (χ4v) is 2.63. The molecule has 2 aromatic carbocycles. The average Bonchev–Trinajstić information content (AvgIpc) is 3.08. The summed E-state index contributed by atoms with van der Waals surface area (Å²) in [7, 11) is 0. The SMILES string of the molecule is O=C(Nc1ccc2c(c1)OCCCO2)c1ccc(-n2cccn2)cc1. The molecule has 2 heterocycles. The van der Waals surface area contributed by atoms with Crippen LogP contribution in [0.2, 0.25) is 0 Å². The molecule has 4 rings (SSSR count). The number of nitrogens with one attached hydrogen (secondary N) is 1. The first-order valence-corrected chi connectivity index (χ1v) is 8.11. The molecule has 6 heteroatoms. The molecule has 1 aliphatic heterocycles. The van der Waals surface area contributed by atoms with Crippen molar-refractivity contribution in [3.05, 3.63) is 66.5 Å². The molecule has 0 saturated carbocycles. The number of hydrogen-bond donors (Lipinski definition) is 1. The topological polar surface area (TPSA) is 65.4 Å². The highest BCUT2D eigenvalue weighted by Crippen LogP contribution is 2.32. The Balaban J connectivity index is 1.49. The van der Waals surface area contributed by atoms with Gasteiger partial charge in [-0.3, -0.25) is 4.79 Å². The molecule has 1 N–H and O–H groups in total. The van der Waals surface area contributed by atoms with E-state index in [2.05, 4.69) is 10.4 Å². The van der Waals surface area contributed by atoms with Crippen molar-refractivity contribution < 1.29 is 14.3 Å². The molecule has 1 amide bonds. The van der Waals surface area contributed by atoms with E-state index in [-0.39, 0.29) is 5.91 Å². The normalized spacial score (nSPS) is 13.1. The Bertz CT molecular complexity index is 873. The third kappa shape index (κ3) is 3.33. The highest BCUT2D eigenvalue weighted by molar-refractivity contribution is 6.04. The van der Waals surface area contributed by atoms with Crippen LogP contribution >= 0.6 is 0 Å². The Morgan fingerprint density at radius 1 is 1.04 bits per heavy atom. The van der Waals surface area contributed by atoms with E-state index in [0.717, 1.165) is 12.1 Å². The highest BCUT2D eigenvalue weighted by Gasteiger charge is 2.12. The monoisotopic (exact) mass is 335 g/mol. The minimum absolute atomic E-state index is 0.179. The number of hydrogen-bond acceptors (Lipinski definition) is 4. The lowest BCUT2D eigenvalue weighted by Crippen LogP contribution is -2.12. The molecule has 0 unspecified atom stereocenters. The Morgan fingerprint density at radius 3 is 2.60 bits per heavy atom. The van der Waals surface area contributed by atoms with Gasteiger partial charge in [0.25, 0.3) is 5.91 Å². The predicted molar refractivity (Wildman–Crippen MR) is 93.6 cm³/mol. The Kier molecular flexibility index (Phi) is 4.08. The van der Waals surface area contributed by atoms with Crippen LogP contribution in [0.1, 0.15) is 16.8 Å². The quantitative estimate of drug-likeness (QED) is 0.798. The maximum atomic E-state index is 12.4. The lowest BCUT2D eigenvalue weighted by molar-refractivity contribution is 0.102. The number of amides is 1. The zero-order valence-corrected chi connectivity index (χ0v) is 13.5. The molecule has 126 valence electrons. The van der Waals surface area contributed by atoms with Gasteiger partial charge in [-0.1, -0.05) is 0 Å². The molecule has 0 atom stereocenters. The lowest BCUT2D eigenvalue weighted by Gasteiger charge is -2.10. The first-order chi connectivity index (χ1) is 12.3. The molecule has 0 spiro atoms. The van der Waals surface area contributed by atoms with Crippen LogP contribution in [0.15, 0.2) is 60.9 Å². The maximum Gasteiger partial charge on any atom is 0.255 e. The van der Waals surface area contributed by atoms with Crippen LogP contribution in [0, 0.1) is 0 Å². The average molecular weight is 335 g/mol. The summed E-state index contributed by atoms with van der Waals surface area (Å²) in [5, 5.41) is 7.05. The second kappa shape index (κ2) is 6.68. The molecule has 0 fully saturated rings. The predicted octanol–water partition coefficient (Wildman–Crippen LogP) is 3.29. The number of nitrogens with zero attached hydrogens (tertiary/aromatic N) is 2. The van der Waals surface area contributed by atoms with Gasteiger partial charge in [-0.05, 0) is 42.5 Å². The van der Waals surface area contributed by atoms with Gasteiger partial charge in [0.15, 0.2) is 11.5 Å². The minimum Gasteiger partial charge on any atom is -0.490 e. The van der Waals surface area contributed by atoms with E-state index in [1.165, 1.54) is 0 Å². The Hall–Kier alpha value is -3.28. The summed E-state index contributed by atoms with van der Waals surface area (Å²) >= 11 is 0. The summed E-state index contributed by atoms with van der Waals surface area (Å²) in [6.45, 7) is 1.25. The first kappa shape index (κ1) is 15.3. The van der Waals surface area contributed by atoms with Gasteiger partial charge >= 0.3 is 0 Å². The van der Waals surface area contributed by atoms with E-state index in [4.69, 9.17) is 9.47 Å². The fraction of sp³-hybridized carbons (Fsp3) is 0.158. The third-order valence-corrected chi connectivity index (χ3v) is 3.90. The molecular weight excluding hydrogens is 318 g/mol. The molecule has 25 heavy (non-hydrogen) atoms. The van der Waals surface area contributed by atoms with Crippen LogP contribution in [0.5, 0.6) is 11.5 Å². The number of ether oxygens (including phenoxy) is 2. The van der Waals surface area contributed by atoms with Gasteiger partial charge in [-0.15, -0.1) is 0 Å². The molecule has 0 saturated heterocycles. The van der Waals surface area contributed by atoms with Crippen LogP contribution < -0.4 is 14.8 Å². The molecule has 0 radical (unpaired) electrons. The van der Waals surface area contributed by atoms with Crippen LogP contribution in [-0.2, 0) is 0 Å². The van der Waals surface area contributed by atoms with Gasteiger partial charge < -0.3 is 14.8 Å². The van der Waals surface area contributed by atoms with Crippen molar-refractivity contribution in [2.45, 2.75) is 6.42 Å². The van der Waals surface area contributed by atoms with Gasteiger partial charge in [-0.25, -0.2) is 4.68 Å². The Labute approximate surface area is 145 Å². The summed E-state index contributed by atoms with van der Waals surface area (Å²) in [5.74, 6) is 1.19. The van der Waals surface area contributed by atoms with Crippen molar-refractivity contribution in [1.29, 1.82) is 0 Å². The fourth-order valence-electron chi connectivity index (χ4n) is 2.63. The van der Waals surface area contributed by atoms with Crippen LogP contribution in [-0.4, -0.2) is 28.9 Å². The number of anilines is 1. The molecule has 1 aliphatic rings. The molecular formula is C19H17N3O3. The van der Waals surface area contributed by atoms with Gasteiger partial charge in [0, 0.05) is 36.1 Å². The summed E-state index contributed by atoms with van der Waals surface area (Å²) in [5.41, 5.74) is 2.14. The van der Waals surface area contributed by atoms with Gasteiger partial charge in [0.05, 0.1) is 18.9 Å². The van der Waals surface area contributed by atoms with Crippen molar-refractivity contribution in [1.82, 2.24) is 9.78 Å². The number of aromatic nitrogens is 2. The lowest BCUT2D eigenvalue weighted by atomic mass is 10.2. The number of benzene rings is 2. The van der Waals surface area contributed by atoms with E-state index in [1.807, 2.05) is 36.5 Å². The molecule has 0 bridgehead atoms. The largest absolute Gasteiger partial charge is 0.490 e. The summed E-state index contributed by atoms with van der Waals surface area (Å²) in [6, 6.07) is 14.5. The van der Waals surface area contributed by atoms with Gasteiger partial charge in [0.2, 0.25) is 0 Å². The number of rotatable bonds is 3. The summed E-state index contributed by atoms with van der Waals surface area (Å²) in [6.07, 6.45) is 4.41. The smallest absolute Gasteiger partial charge is 0.255 e.